The fraction of sp³-hybridized carbons (Fsp3) is 0.357. The molecule has 156 valence electrons. The molecule has 2 atom stereocenters. The lowest BCUT2D eigenvalue weighted by molar-refractivity contribution is 0.0996. The Bertz CT molecular complexity index is 1070. The van der Waals surface area contributed by atoms with E-state index in [1.807, 2.05) is 0 Å². The molecule has 2 unspecified atom stereocenters. The zero-order chi connectivity index (χ0) is 21.6. The van der Waals surface area contributed by atoms with Crippen LogP contribution in [0.15, 0.2) is 54.6 Å². The summed E-state index contributed by atoms with van der Waals surface area (Å²) in [6, 6.07) is 19.8. The predicted molar refractivity (Wildman–Crippen MR) is 127 cm³/mol. The fourth-order valence-corrected chi connectivity index (χ4v) is 4.98. The summed E-state index contributed by atoms with van der Waals surface area (Å²) in [7, 11) is 0. The van der Waals surface area contributed by atoms with Gasteiger partial charge in [0.1, 0.15) is 11.4 Å². The summed E-state index contributed by atoms with van der Waals surface area (Å²) in [5.74, 6) is 1.68. The largest absolute Gasteiger partial charge is 0.486 e. The molecule has 0 fully saturated rings. The number of nitrogens with two attached hydrogens (primary N) is 1. The van der Waals surface area contributed by atoms with E-state index in [0.29, 0.717) is 5.92 Å². The van der Waals surface area contributed by atoms with Crippen molar-refractivity contribution in [1.29, 1.82) is 0 Å². The molecule has 0 bridgehead atoms. The highest BCUT2D eigenvalue weighted by Crippen LogP contribution is 2.54. The molecule has 0 aliphatic carbocycles. The fourth-order valence-electron chi connectivity index (χ4n) is 4.98. The Morgan fingerprint density at radius 3 is 2.13 bits per heavy atom. The molecule has 3 aromatic rings. The molecule has 3 aromatic carbocycles. The average Bonchev–Trinajstić information content (AvgIpc) is 3.04. The summed E-state index contributed by atoms with van der Waals surface area (Å²) >= 11 is 0. The van der Waals surface area contributed by atoms with Gasteiger partial charge >= 0.3 is 0 Å². The van der Waals surface area contributed by atoms with Gasteiger partial charge in [-0.1, -0.05) is 68.4 Å². The van der Waals surface area contributed by atoms with Crippen LogP contribution in [-0.4, -0.2) is 5.60 Å². The van der Waals surface area contributed by atoms with Crippen LogP contribution in [0.3, 0.4) is 0 Å². The van der Waals surface area contributed by atoms with Crippen molar-refractivity contribution in [2.75, 3.05) is 5.73 Å². The van der Waals surface area contributed by atoms with Gasteiger partial charge in [-0.05, 0) is 67.0 Å². The van der Waals surface area contributed by atoms with Crippen LogP contribution in [0, 0.1) is 20.8 Å². The molecule has 2 heteroatoms. The van der Waals surface area contributed by atoms with Crippen LogP contribution in [0.4, 0.5) is 5.69 Å². The summed E-state index contributed by atoms with van der Waals surface area (Å²) in [6.45, 7) is 13.1. The SMILES string of the molecule is Cc1c(C)c2c(c(C)c1N)C(c1ccc(C(C)C)cc1)C(C)(Cc1ccccc1)O2. The number of fused-ring (bicyclic) bond motifs is 1. The number of nitrogen functional groups attached to an aromatic ring is 1. The van der Waals surface area contributed by atoms with Crippen LogP contribution in [0.2, 0.25) is 0 Å². The van der Waals surface area contributed by atoms with Crippen LogP contribution in [0.5, 0.6) is 5.75 Å². The van der Waals surface area contributed by atoms with E-state index in [0.717, 1.165) is 34.5 Å². The Kier molecular flexibility index (Phi) is 5.13. The lowest BCUT2D eigenvalue weighted by Crippen LogP contribution is -2.37. The van der Waals surface area contributed by atoms with E-state index in [2.05, 4.69) is 96.1 Å². The van der Waals surface area contributed by atoms with Gasteiger partial charge in [-0.2, -0.15) is 0 Å². The Hall–Kier alpha value is -2.74. The molecule has 1 heterocycles. The molecule has 0 saturated heterocycles. The van der Waals surface area contributed by atoms with E-state index in [1.165, 1.54) is 22.3 Å². The third kappa shape index (κ3) is 3.29. The first kappa shape index (κ1) is 20.5. The minimum Gasteiger partial charge on any atom is -0.486 e. The number of rotatable bonds is 4. The number of hydrogen-bond acceptors (Lipinski definition) is 2. The minimum absolute atomic E-state index is 0.135. The maximum Gasteiger partial charge on any atom is 0.127 e. The quantitative estimate of drug-likeness (QED) is 0.487. The molecule has 0 radical (unpaired) electrons. The van der Waals surface area contributed by atoms with Crippen molar-refractivity contribution in [2.45, 2.75) is 65.4 Å². The van der Waals surface area contributed by atoms with Crippen LogP contribution in [-0.2, 0) is 6.42 Å². The lowest BCUT2D eigenvalue weighted by Gasteiger charge is -2.32. The number of benzene rings is 3. The molecular formula is C28H33NO. The second-order valence-electron chi connectivity index (χ2n) is 9.36. The summed E-state index contributed by atoms with van der Waals surface area (Å²) in [5, 5.41) is 0. The van der Waals surface area contributed by atoms with E-state index < -0.39 is 0 Å². The lowest BCUT2D eigenvalue weighted by atomic mass is 9.75. The van der Waals surface area contributed by atoms with Gasteiger partial charge in [0.25, 0.3) is 0 Å². The maximum absolute atomic E-state index is 6.83. The first-order valence-electron chi connectivity index (χ1n) is 10.9. The maximum atomic E-state index is 6.83. The van der Waals surface area contributed by atoms with Crippen LogP contribution in [0.25, 0.3) is 0 Å². The van der Waals surface area contributed by atoms with Crippen LogP contribution in [0.1, 0.15) is 71.6 Å². The highest BCUT2D eigenvalue weighted by atomic mass is 16.5. The molecule has 2 N–H and O–H groups in total. The molecular weight excluding hydrogens is 366 g/mol. The van der Waals surface area contributed by atoms with Gasteiger partial charge in [0.05, 0.1) is 5.92 Å². The summed E-state index contributed by atoms with van der Waals surface area (Å²) in [6.07, 6.45) is 0.844. The molecule has 0 saturated carbocycles. The van der Waals surface area contributed by atoms with Crippen LogP contribution >= 0.6 is 0 Å². The van der Waals surface area contributed by atoms with E-state index in [1.54, 1.807) is 0 Å². The van der Waals surface area contributed by atoms with Crippen molar-refractivity contribution in [2.24, 2.45) is 0 Å². The highest BCUT2D eigenvalue weighted by molar-refractivity contribution is 5.69. The third-order valence-electron chi connectivity index (χ3n) is 6.93. The Morgan fingerprint density at radius 2 is 1.53 bits per heavy atom. The van der Waals surface area contributed by atoms with Crippen molar-refractivity contribution >= 4 is 5.69 Å². The first-order chi connectivity index (χ1) is 14.2. The monoisotopic (exact) mass is 399 g/mol. The molecule has 1 aliphatic rings. The predicted octanol–water partition coefficient (Wildman–Crippen LogP) is 6.84. The van der Waals surface area contributed by atoms with Crippen molar-refractivity contribution < 1.29 is 4.74 Å². The van der Waals surface area contributed by atoms with Gasteiger partial charge in [-0.3, -0.25) is 0 Å². The first-order valence-corrected chi connectivity index (χ1v) is 10.9. The molecule has 30 heavy (non-hydrogen) atoms. The standard InChI is InChI=1S/C28H33NO/c1-17(2)22-12-14-23(15-13-22)25-24-20(5)26(29)18(3)19(4)27(24)30-28(25,6)16-21-10-8-7-9-11-21/h7-15,17,25H,16,29H2,1-6H3. The van der Waals surface area contributed by atoms with Gasteiger partial charge in [-0.25, -0.2) is 0 Å². The molecule has 4 rings (SSSR count). The average molecular weight is 400 g/mol. The molecule has 1 aliphatic heterocycles. The summed E-state index contributed by atoms with van der Waals surface area (Å²) in [4.78, 5) is 0. The second-order valence-corrected chi connectivity index (χ2v) is 9.36. The second kappa shape index (κ2) is 7.50. The van der Waals surface area contributed by atoms with Gasteiger partial charge in [0.15, 0.2) is 0 Å². The third-order valence-corrected chi connectivity index (χ3v) is 6.93. The minimum atomic E-state index is -0.376. The Labute approximate surface area is 181 Å². The van der Waals surface area contributed by atoms with Crippen LogP contribution < -0.4 is 10.5 Å². The number of hydrogen-bond donors (Lipinski definition) is 1. The van der Waals surface area contributed by atoms with Crippen molar-refractivity contribution in [3.05, 3.63) is 93.5 Å². The normalized spacial score (nSPS) is 20.3. The van der Waals surface area contributed by atoms with E-state index in [4.69, 9.17) is 10.5 Å². The smallest absolute Gasteiger partial charge is 0.127 e. The topological polar surface area (TPSA) is 35.2 Å². The van der Waals surface area contributed by atoms with Gasteiger partial charge < -0.3 is 10.5 Å². The molecule has 0 amide bonds. The van der Waals surface area contributed by atoms with Crippen molar-refractivity contribution in [3.63, 3.8) is 0 Å². The zero-order valence-electron chi connectivity index (χ0n) is 19.0. The van der Waals surface area contributed by atoms with E-state index >= 15 is 0 Å². The molecule has 0 aromatic heterocycles. The number of anilines is 1. The Balaban J connectivity index is 1.90. The van der Waals surface area contributed by atoms with Crippen molar-refractivity contribution in [1.82, 2.24) is 0 Å². The van der Waals surface area contributed by atoms with Gasteiger partial charge in [0.2, 0.25) is 0 Å². The Morgan fingerprint density at radius 1 is 0.900 bits per heavy atom. The van der Waals surface area contributed by atoms with Gasteiger partial charge in [0, 0.05) is 17.7 Å². The zero-order valence-corrected chi connectivity index (χ0v) is 19.0. The summed E-state index contributed by atoms with van der Waals surface area (Å²) in [5.41, 5.74) is 15.7. The summed E-state index contributed by atoms with van der Waals surface area (Å²) < 4.78 is 6.83. The van der Waals surface area contributed by atoms with Gasteiger partial charge in [-0.15, -0.1) is 0 Å². The number of ether oxygens (including phenoxy) is 1. The highest BCUT2D eigenvalue weighted by Gasteiger charge is 2.47. The van der Waals surface area contributed by atoms with Crippen molar-refractivity contribution in [3.8, 4) is 5.75 Å². The molecule has 0 spiro atoms. The van der Waals surface area contributed by atoms with E-state index in [-0.39, 0.29) is 11.5 Å². The van der Waals surface area contributed by atoms with E-state index in [9.17, 15) is 0 Å². The molecule has 2 nitrogen and oxygen atoms in total.